The van der Waals surface area contributed by atoms with E-state index in [1.807, 2.05) is 66.7 Å². The molecule has 0 saturated heterocycles. The molecule has 4 aromatic heterocycles. The summed E-state index contributed by atoms with van der Waals surface area (Å²) in [5.74, 6) is 2.68. The Hall–Kier alpha value is -6.60. The second-order valence-corrected chi connectivity index (χ2v) is 11.6. The topological polar surface area (TPSA) is 65.8 Å². The number of hydrogen-bond acceptors (Lipinski definition) is 4. The number of aromatic nitrogens is 7. The Balaban J connectivity index is 1.32. The van der Waals surface area contributed by atoms with Crippen molar-refractivity contribution in [3.63, 3.8) is 0 Å². The zero-order valence-electron chi connectivity index (χ0n) is 25.1. The highest BCUT2D eigenvalue weighted by Crippen LogP contribution is 2.37. The summed E-state index contributed by atoms with van der Waals surface area (Å²) in [7, 11) is 0. The number of nitrogens with zero attached hydrogens (tertiary/aromatic N) is 7. The molecule has 0 aliphatic rings. The van der Waals surface area contributed by atoms with E-state index >= 15 is 0 Å². The molecule has 0 spiro atoms. The average molecular weight is 604 g/mol. The van der Waals surface area contributed by atoms with Crippen LogP contribution in [0.5, 0.6) is 0 Å². The van der Waals surface area contributed by atoms with Crippen LogP contribution in [0.4, 0.5) is 0 Å². The SMILES string of the molecule is c1ccc(-c2nc(-c3ccccc3)nc(-n3c4ccccc4c4cc5nc6n(-c7ccccc7)c7ccccc7n6c5cc43)n2)cc1. The van der Waals surface area contributed by atoms with Gasteiger partial charge in [0.2, 0.25) is 11.7 Å². The molecule has 0 atom stereocenters. The second-order valence-electron chi connectivity index (χ2n) is 11.6. The van der Waals surface area contributed by atoms with Crippen LogP contribution >= 0.6 is 0 Å². The summed E-state index contributed by atoms with van der Waals surface area (Å²) in [5.41, 5.74) is 9.09. The number of imidazole rings is 2. The minimum atomic E-state index is 0.565. The van der Waals surface area contributed by atoms with Crippen molar-refractivity contribution in [2.24, 2.45) is 0 Å². The maximum Gasteiger partial charge on any atom is 0.238 e. The average Bonchev–Trinajstić information content (AvgIpc) is 3.78. The van der Waals surface area contributed by atoms with E-state index in [1.54, 1.807) is 0 Å². The smallest absolute Gasteiger partial charge is 0.238 e. The van der Waals surface area contributed by atoms with Gasteiger partial charge in [-0.3, -0.25) is 13.5 Å². The highest BCUT2D eigenvalue weighted by atomic mass is 15.2. The van der Waals surface area contributed by atoms with E-state index < -0.39 is 0 Å². The molecule has 7 nitrogen and oxygen atoms in total. The molecular formula is C40H25N7. The Morgan fingerprint density at radius 3 is 1.64 bits per heavy atom. The molecular weight excluding hydrogens is 578 g/mol. The zero-order valence-corrected chi connectivity index (χ0v) is 25.1. The molecule has 0 unspecified atom stereocenters. The molecule has 0 radical (unpaired) electrons. The highest BCUT2D eigenvalue weighted by Gasteiger charge is 2.22. The first-order valence-electron chi connectivity index (χ1n) is 15.6. The normalized spacial score (nSPS) is 11.8. The molecule has 47 heavy (non-hydrogen) atoms. The van der Waals surface area contributed by atoms with Crippen molar-refractivity contribution in [2.45, 2.75) is 0 Å². The maximum atomic E-state index is 5.25. The fraction of sp³-hybridized carbons (Fsp3) is 0. The molecule has 10 rings (SSSR count). The van der Waals surface area contributed by atoms with Crippen LogP contribution in [0.3, 0.4) is 0 Å². The molecule has 0 aliphatic carbocycles. The zero-order chi connectivity index (χ0) is 30.9. The molecule has 4 heterocycles. The van der Waals surface area contributed by atoms with Gasteiger partial charge in [0.05, 0.1) is 33.1 Å². The second kappa shape index (κ2) is 9.95. The number of para-hydroxylation sites is 4. The number of rotatable bonds is 4. The Labute approximate surface area is 268 Å². The molecule has 0 bridgehead atoms. The van der Waals surface area contributed by atoms with Crippen molar-refractivity contribution < 1.29 is 0 Å². The monoisotopic (exact) mass is 603 g/mol. The summed E-state index contributed by atoms with van der Waals surface area (Å²) < 4.78 is 6.66. The fourth-order valence-electron chi connectivity index (χ4n) is 6.81. The number of benzene rings is 6. The van der Waals surface area contributed by atoms with Crippen LogP contribution in [-0.4, -0.2) is 33.5 Å². The summed E-state index contributed by atoms with van der Waals surface area (Å²) in [6, 6.07) is 52.0. The molecule has 0 saturated carbocycles. The van der Waals surface area contributed by atoms with E-state index in [1.165, 1.54) is 0 Å². The van der Waals surface area contributed by atoms with Crippen molar-refractivity contribution in [3.8, 4) is 34.4 Å². The van der Waals surface area contributed by atoms with Gasteiger partial charge in [-0.05, 0) is 42.5 Å². The highest BCUT2D eigenvalue weighted by molar-refractivity contribution is 6.13. The van der Waals surface area contributed by atoms with Crippen LogP contribution in [-0.2, 0) is 0 Å². The van der Waals surface area contributed by atoms with Crippen molar-refractivity contribution in [2.75, 3.05) is 0 Å². The van der Waals surface area contributed by atoms with Crippen LogP contribution in [0.15, 0.2) is 152 Å². The molecule has 0 fully saturated rings. The molecule has 0 amide bonds. The van der Waals surface area contributed by atoms with E-state index in [2.05, 4.69) is 98.5 Å². The van der Waals surface area contributed by atoms with Crippen LogP contribution in [0.2, 0.25) is 0 Å². The first-order chi connectivity index (χ1) is 23.3. The lowest BCUT2D eigenvalue weighted by Crippen LogP contribution is -2.06. The number of fused-ring (bicyclic) bond motifs is 8. The third-order valence-electron chi connectivity index (χ3n) is 8.90. The molecule has 0 aliphatic heterocycles. The molecule has 7 heteroatoms. The van der Waals surface area contributed by atoms with Gasteiger partial charge in [0.1, 0.15) is 0 Å². The third kappa shape index (κ3) is 3.87. The standard InChI is InChI=1S/C40H25N7/c1-4-14-26(15-5-1)37-42-38(27-16-6-2-7-17-27)44-39(43-37)46-32-21-11-10-20-29(32)30-24-31-36(25-35(30)46)47-34-23-13-12-22-33(34)45(40(47)41-31)28-18-8-3-9-19-28/h1-25H. The Bertz CT molecular complexity index is 2720. The Kier molecular flexibility index (Phi) is 5.44. The van der Waals surface area contributed by atoms with Gasteiger partial charge in [0.25, 0.3) is 0 Å². The van der Waals surface area contributed by atoms with E-state index in [9.17, 15) is 0 Å². The van der Waals surface area contributed by atoms with Crippen LogP contribution in [0, 0.1) is 0 Å². The lowest BCUT2D eigenvalue weighted by atomic mass is 10.1. The maximum absolute atomic E-state index is 5.25. The fourth-order valence-corrected chi connectivity index (χ4v) is 6.81. The van der Waals surface area contributed by atoms with Gasteiger partial charge in [-0.15, -0.1) is 0 Å². The van der Waals surface area contributed by atoms with Gasteiger partial charge in [-0.25, -0.2) is 9.97 Å². The van der Waals surface area contributed by atoms with Crippen molar-refractivity contribution in [3.05, 3.63) is 152 Å². The van der Waals surface area contributed by atoms with E-state index in [4.69, 9.17) is 19.9 Å². The van der Waals surface area contributed by atoms with Gasteiger partial charge in [0, 0.05) is 27.6 Å². The van der Waals surface area contributed by atoms with Crippen LogP contribution in [0.25, 0.3) is 84.1 Å². The van der Waals surface area contributed by atoms with Gasteiger partial charge in [-0.2, -0.15) is 9.97 Å². The van der Waals surface area contributed by atoms with Crippen molar-refractivity contribution in [1.29, 1.82) is 0 Å². The summed E-state index contributed by atoms with van der Waals surface area (Å²) >= 11 is 0. The van der Waals surface area contributed by atoms with Crippen molar-refractivity contribution >= 4 is 49.7 Å². The van der Waals surface area contributed by atoms with E-state index in [0.717, 1.165) is 66.5 Å². The molecule has 6 aromatic carbocycles. The quantitative estimate of drug-likeness (QED) is 0.201. The van der Waals surface area contributed by atoms with E-state index in [0.29, 0.717) is 17.6 Å². The predicted octanol–water partition coefficient (Wildman–Crippen LogP) is 9.05. The summed E-state index contributed by atoms with van der Waals surface area (Å²) in [6.45, 7) is 0. The summed E-state index contributed by atoms with van der Waals surface area (Å²) in [4.78, 5) is 20.4. The minimum Gasteiger partial charge on any atom is -0.278 e. The molecule has 10 aromatic rings. The van der Waals surface area contributed by atoms with E-state index in [-0.39, 0.29) is 0 Å². The van der Waals surface area contributed by atoms with Gasteiger partial charge >= 0.3 is 0 Å². The first-order valence-corrected chi connectivity index (χ1v) is 15.6. The van der Waals surface area contributed by atoms with Crippen LogP contribution in [0.1, 0.15) is 0 Å². The lowest BCUT2D eigenvalue weighted by molar-refractivity contribution is 0.953. The first kappa shape index (κ1) is 25.7. The minimum absolute atomic E-state index is 0.565. The Morgan fingerprint density at radius 2 is 0.957 bits per heavy atom. The largest absolute Gasteiger partial charge is 0.278 e. The summed E-state index contributed by atoms with van der Waals surface area (Å²) in [5, 5.41) is 2.20. The third-order valence-corrected chi connectivity index (χ3v) is 8.90. The molecule has 220 valence electrons. The summed E-state index contributed by atoms with van der Waals surface area (Å²) in [6.07, 6.45) is 0. The lowest BCUT2D eigenvalue weighted by Gasteiger charge is -2.11. The number of hydrogen-bond donors (Lipinski definition) is 0. The van der Waals surface area contributed by atoms with Crippen LogP contribution < -0.4 is 0 Å². The van der Waals surface area contributed by atoms with Gasteiger partial charge in [-0.1, -0.05) is 109 Å². The van der Waals surface area contributed by atoms with Gasteiger partial charge < -0.3 is 0 Å². The molecule has 0 N–H and O–H groups in total. The van der Waals surface area contributed by atoms with Crippen molar-refractivity contribution in [1.82, 2.24) is 33.5 Å². The predicted molar refractivity (Wildman–Crippen MR) is 188 cm³/mol. The van der Waals surface area contributed by atoms with Gasteiger partial charge in [0.15, 0.2) is 11.6 Å². The Morgan fingerprint density at radius 1 is 0.383 bits per heavy atom.